The van der Waals surface area contributed by atoms with Crippen LogP contribution in [0.15, 0.2) is 47.7 Å². The Balaban J connectivity index is 1.67. The summed E-state index contributed by atoms with van der Waals surface area (Å²) < 4.78 is 16.7. The Labute approximate surface area is 180 Å². The molecule has 0 bridgehead atoms. The molecular formula is C23H27N5O3. The molecule has 0 spiro atoms. The van der Waals surface area contributed by atoms with E-state index in [4.69, 9.17) is 9.47 Å². The van der Waals surface area contributed by atoms with E-state index in [1.54, 1.807) is 31.0 Å². The number of hydrogen-bond acceptors (Lipinski definition) is 5. The number of aromatic nitrogens is 5. The van der Waals surface area contributed by atoms with Crippen molar-refractivity contribution in [2.75, 3.05) is 7.11 Å². The average Bonchev–Trinajstić information content (AvgIpc) is 3.37. The third-order valence-electron chi connectivity index (χ3n) is 5.23. The molecular weight excluding hydrogens is 394 g/mol. The highest BCUT2D eigenvalue weighted by molar-refractivity contribution is 5.66. The molecule has 0 saturated heterocycles. The third kappa shape index (κ3) is 3.69. The number of rotatable bonds is 6. The first-order valence-corrected chi connectivity index (χ1v) is 10.3. The van der Waals surface area contributed by atoms with Crippen molar-refractivity contribution in [1.82, 2.24) is 23.7 Å². The van der Waals surface area contributed by atoms with Crippen LogP contribution in [0.4, 0.5) is 0 Å². The van der Waals surface area contributed by atoms with Crippen LogP contribution >= 0.6 is 0 Å². The van der Waals surface area contributed by atoms with Gasteiger partial charge in [0.1, 0.15) is 22.8 Å². The van der Waals surface area contributed by atoms with Gasteiger partial charge in [0.05, 0.1) is 25.7 Å². The van der Waals surface area contributed by atoms with E-state index in [0.29, 0.717) is 17.1 Å². The van der Waals surface area contributed by atoms with Gasteiger partial charge >= 0.3 is 0 Å². The average molecular weight is 422 g/mol. The molecule has 3 heterocycles. The quantitative estimate of drug-likeness (QED) is 0.461. The number of hydrogen-bond donors (Lipinski definition) is 0. The maximum Gasteiger partial charge on any atom is 0.279 e. The van der Waals surface area contributed by atoms with Gasteiger partial charge in [-0.15, -0.1) is 0 Å². The fraction of sp³-hybridized carbons (Fsp3) is 0.348. The maximum atomic E-state index is 12.7. The summed E-state index contributed by atoms with van der Waals surface area (Å²) >= 11 is 0. The molecule has 0 saturated carbocycles. The molecule has 0 amide bonds. The van der Waals surface area contributed by atoms with Crippen LogP contribution in [0, 0.1) is 0 Å². The molecule has 4 rings (SSSR count). The largest absolute Gasteiger partial charge is 0.493 e. The SMILES string of the molecule is COc1cn(C(C)C)nc1-c1ccc(Oc2cn3c(C(C)C)ncc3c(=O)n2C)cc1. The van der Waals surface area contributed by atoms with Gasteiger partial charge in [0.25, 0.3) is 5.56 Å². The number of ether oxygens (including phenoxy) is 2. The second-order valence-electron chi connectivity index (χ2n) is 8.10. The van der Waals surface area contributed by atoms with Gasteiger partial charge in [0.15, 0.2) is 5.75 Å². The Morgan fingerprint density at radius 3 is 2.35 bits per heavy atom. The van der Waals surface area contributed by atoms with Gasteiger partial charge < -0.3 is 9.47 Å². The Morgan fingerprint density at radius 2 is 1.74 bits per heavy atom. The van der Waals surface area contributed by atoms with Crippen molar-refractivity contribution in [1.29, 1.82) is 0 Å². The summed E-state index contributed by atoms with van der Waals surface area (Å²) in [6.45, 7) is 8.22. The van der Waals surface area contributed by atoms with Crippen LogP contribution in [0.1, 0.15) is 45.5 Å². The minimum absolute atomic E-state index is 0.155. The lowest BCUT2D eigenvalue weighted by Crippen LogP contribution is -2.20. The molecule has 1 aromatic carbocycles. The highest BCUT2D eigenvalue weighted by Crippen LogP contribution is 2.31. The van der Waals surface area contributed by atoms with Crippen molar-refractivity contribution in [2.24, 2.45) is 7.05 Å². The monoisotopic (exact) mass is 421 g/mol. The lowest BCUT2D eigenvalue weighted by atomic mass is 10.1. The summed E-state index contributed by atoms with van der Waals surface area (Å²) in [6.07, 6.45) is 5.31. The molecule has 0 atom stereocenters. The predicted molar refractivity (Wildman–Crippen MR) is 119 cm³/mol. The Morgan fingerprint density at radius 1 is 1.03 bits per heavy atom. The van der Waals surface area contributed by atoms with Gasteiger partial charge in [-0.1, -0.05) is 13.8 Å². The molecule has 0 unspecified atom stereocenters. The molecule has 8 heteroatoms. The summed E-state index contributed by atoms with van der Waals surface area (Å²) in [4.78, 5) is 17.1. The van der Waals surface area contributed by atoms with Crippen molar-refractivity contribution < 1.29 is 9.47 Å². The molecule has 0 aliphatic rings. The van der Waals surface area contributed by atoms with Gasteiger partial charge in [-0.2, -0.15) is 5.10 Å². The van der Waals surface area contributed by atoms with E-state index in [-0.39, 0.29) is 17.5 Å². The number of fused-ring (bicyclic) bond motifs is 1. The van der Waals surface area contributed by atoms with Crippen LogP contribution in [0.25, 0.3) is 16.8 Å². The van der Waals surface area contributed by atoms with Crippen molar-refractivity contribution in [3.63, 3.8) is 0 Å². The molecule has 0 fully saturated rings. The van der Waals surface area contributed by atoms with Crippen LogP contribution < -0.4 is 15.0 Å². The number of benzene rings is 1. The van der Waals surface area contributed by atoms with Gasteiger partial charge in [-0.05, 0) is 38.1 Å². The second-order valence-corrected chi connectivity index (χ2v) is 8.10. The van der Waals surface area contributed by atoms with E-state index in [2.05, 4.69) is 23.9 Å². The van der Waals surface area contributed by atoms with Crippen LogP contribution in [-0.4, -0.2) is 30.8 Å². The van der Waals surface area contributed by atoms with E-state index >= 15 is 0 Å². The Kier molecular flexibility index (Phi) is 5.31. The Bertz CT molecular complexity index is 1280. The van der Waals surface area contributed by atoms with Crippen molar-refractivity contribution >= 4 is 5.52 Å². The third-order valence-corrected chi connectivity index (χ3v) is 5.23. The van der Waals surface area contributed by atoms with E-state index in [0.717, 1.165) is 22.8 Å². The van der Waals surface area contributed by atoms with Gasteiger partial charge in [-0.3, -0.25) is 18.4 Å². The zero-order chi connectivity index (χ0) is 22.3. The number of methoxy groups -OCH3 is 1. The van der Waals surface area contributed by atoms with Crippen LogP contribution in [0.5, 0.6) is 17.4 Å². The van der Waals surface area contributed by atoms with E-state index in [1.807, 2.05) is 49.0 Å². The predicted octanol–water partition coefficient (Wildman–Crippen LogP) is 4.40. The standard InChI is InChI=1S/C23H27N5O3/c1-14(2)22-24-11-18-23(29)26(5)20(13-27(18)22)31-17-9-7-16(8-10-17)21-19(30-6)12-28(25-21)15(3)4/h7-15H,1-6H3. The fourth-order valence-electron chi connectivity index (χ4n) is 3.45. The first kappa shape index (κ1) is 20.7. The lowest BCUT2D eigenvalue weighted by molar-refractivity contribution is 0.414. The van der Waals surface area contributed by atoms with Gasteiger partial charge in [0, 0.05) is 24.6 Å². The van der Waals surface area contributed by atoms with Crippen LogP contribution in [0.3, 0.4) is 0 Å². The van der Waals surface area contributed by atoms with E-state index in [9.17, 15) is 4.79 Å². The van der Waals surface area contributed by atoms with Crippen molar-refractivity contribution in [3.8, 4) is 28.6 Å². The molecule has 0 radical (unpaired) electrons. The highest BCUT2D eigenvalue weighted by atomic mass is 16.5. The highest BCUT2D eigenvalue weighted by Gasteiger charge is 2.16. The van der Waals surface area contributed by atoms with E-state index in [1.165, 1.54) is 4.57 Å². The molecule has 0 aliphatic carbocycles. The molecule has 8 nitrogen and oxygen atoms in total. The smallest absolute Gasteiger partial charge is 0.279 e. The number of imidazole rings is 1. The minimum atomic E-state index is -0.155. The summed E-state index contributed by atoms with van der Waals surface area (Å²) in [5.41, 5.74) is 2.07. The van der Waals surface area contributed by atoms with Crippen molar-refractivity contribution in [2.45, 2.75) is 39.7 Å². The fourth-order valence-corrected chi connectivity index (χ4v) is 3.45. The zero-order valence-electron chi connectivity index (χ0n) is 18.7. The van der Waals surface area contributed by atoms with Crippen LogP contribution in [-0.2, 0) is 7.05 Å². The first-order valence-electron chi connectivity index (χ1n) is 10.3. The molecule has 4 aromatic rings. The lowest BCUT2D eigenvalue weighted by Gasteiger charge is -2.12. The first-order chi connectivity index (χ1) is 14.8. The summed E-state index contributed by atoms with van der Waals surface area (Å²) in [5.74, 6) is 2.78. The topological polar surface area (TPSA) is 75.6 Å². The molecule has 31 heavy (non-hydrogen) atoms. The number of nitrogens with zero attached hydrogens (tertiary/aromatic N) is 5. The summed E-state index contributed by atoms with van der Waals surface area (Å²) in [5, 5.41) is 4.64. The molecule has 162 valence electrons. The normalized spacial score (nSPS) is 11.6. The maximum absolute atomic E-state index is 12.7. The van der Waals surface area contributed by atoms with Crippen LogP contribution in [0.2, 0.25) is 0 Å². The molecule has 3 aromatic heterocycles. The summed E-state index contributed by atoms with van der Waals surface area (Å²) in [6, 6.07) is 7.81. The second kappa shape index (κ2) is 7.94. The Hall–Kier alpha value is -3.55. The molecule has 0 aliphatic heterocycles. The van der Waals surface area contributed by atoms with Crippen molar-refractivity contribution in [3.05, 3.63) is 59.0 Å². The minimum Gasteiger partial charge on any atom is -0.493 e. The summed E-state index contributed by atoms with van der Waals surface area (Å²) in [7, 11) is 3.33. The zero-order valence-corrected chi connectivity index (χ0v) is 18.7. The van der Waals surface area contributed by atoms with Gasteiger partial charge in [0.2, 0.25) is 5.88 Å². The molecule has 0 N–H and O–H groups in total. The van der Waals surface area contributed by atoms with E-state index < -0.39 is 0 Å². The van der Waals surface area contributed by atoms with Gasteiger partial charge in [-0.25, -0.2) is 4.98 Å².